The van der Waals surface area contributed by atoms with E-state index < -0.39 is 34.9 Å². The Balaban J connectivity index is 3.42. The zero-order valence-corrected chi connectivity index (χ0v) is 15.1. The first-order valence-electron chi connectivity index (χ1n) is 6.92. The van der Waals surface area contributed by atoms with Gasteiger partial charge >= 0.3 is 7.60 Å². The Morgan fingerprint density at radius 2 is 1.45 bits per heavy atom. The van der Waals surface area contributed by atoms with Crippen LogP contribution in [-0.4, -0.2) is 23.5 Å². The average Bonchev–Trinajstić information content (AvgIpc) is 2.34. The number of hydrogen-bond acceptors (Lipinski definition) is 4. The van der Waals surface area contributed by atoms with Crippen molar-refractivity contribution in [2.24, 2.45) is 11.8 Å². The molecule has 0 amide bonds. The summed E-state index contributed by atoms with van der Waals surface area (Å²) in [6.45, 7) is 7.93. The Morgan fingerprint density at radius 3 is 1.77 bits per heavy atom. The molecular weight excluding hydrogens is 327 g/mol. The zero-order chi connectivity index (χ0) is 17.3. The monoisotopic (exact) mass is 350 g/mol. The minimum atomic E-state index is -4.85. The lowest BCUT2D eigenvalue weighted by Gasteiger charge is -2.39. The largest absolute Gasteiger partial charge is 0.359 e. The van der Waals surface area contributed by atoms with E-state index in [-0.39, 0.29) is 4.90 Å². The minimum absolute atomic E-state index is 0.128. The summed E-state index contributed by atoms with van der Waals surface area (Å²) in [5, 5.41) is -2.10. The molecule has 0 aliphatic heterocycles. The van der Waals surface area contributed by atoms with Crippen LogP contribution in [0.15, 0.2) is 29.2 Å². The second-order valence-electron chi connectivity index (χ2n) is 5.96. The third kappa shape index (κ3) is 3.60. The van der Waals surface area contributed by atoms with Crippen molar-refractivity contribution in [3.8, 4) is 0 Å². The molecule has 22 heavy (non-hydrogen) atoms. The summed E-state index contributed by atoms with van der Waals surface area (Å²) in [6, 6.07) is 5.91. The molecule has 0 saturated heterocycles. The molecule has 8 heteroatoms. The molecule has 0 unspecified atom stereocenters. The van der Waals surface area contributed by atoms with E-state index >= 15 is 0 Å². The molecule has 1 aromatic carbocycles. The summed E-state index contributed by atoms with van der Waals surface area (Å²) in [4.78, 5) is 19.4. The average molecular weight is 350 g/mol. The summed E-state index contributed by atoms with van der Waals surface area (Å²) < 4.78 is 42.1. The lowest BCUT2D eigenvalue weighted by Crippen LogP contribution is -2.45. The fourth-order valence-electron chi connectivity index (χ4n) is 2.51. The summed E-state index contributed by atoms with van der Waals surface area (Å²) >= 11 is 0. The van der Waals surface area contributed by atoms with Gasteiger partial charge in [0.2, 0.25) is 0 Å². The normalized spacial score (nSPS) is 13.9. The smallest absolute Gasteiger partial charge is 0.322 e. The molecular formula is C14H23O6PS. The number of rotatable bonds is 6. The van der Waals surface area contributed by atoms with Crippen LogP contribution in [0, 0.1) is 18.8 Å². The molecule has 0 spiro atoms. The van der Waals surface area contributed by atoms with E-state index in [4.69, 9.17) is 4.18 Å². The molecule has 6 nitrogen and oxygen atoms in total. The Morgan fingerprint density at radius 1 is 1.05 bits per heavy atom. The van der Waals surface area contributed by atoms with E-state index in [1.807, 2.05) is 0 Å². The van der Waals surface area contributed by atoms with Crippen molar-refractivity contribution in [1.29, 1.82) is 0 Å². The molecule has 0 aromatic heterocycles. The first kappa shape index (κ1) is 19.3. The molecule has 0 bridgehead atoms. The molecule has 0 atom stereocenters. The Labute approximate surface area is 131 Å². The summed E-state index contributed by atoms with van der Waals surface area (Å²) in [6.07, 6.45) is 0. The second-order valence-corrected chi connectivity index (χ2v) is 9.29. The van der Waals surface area contributed by atoms with Crippen LogP contribution >= 0.6 is 7.60 Å². The van der Waals surface area contributed by atoms with Gasteiger partial charge in [0.25, 0.3) is 10.1 Å². The predicted octanol–water partition coefficient (Wildman–Crippen LogP) is 2.89. The van der Waals surface area contributed by atoms with E-state index in [9.17, 15) is 22.8 Å². The van der Waals surface area contributed by atoms with Crippen molar-refractivity contribution in [3.05, 3.63) is 29.8 Å². The first-order chi connectivity index (χ1) is 9.84. The van der Waals surface area contributed by atoms with Crippen molar-refractivity contribution < 1.29 is 27.0 Å². The van der Waals surface area contributed by atoms with E-state index in [0.717, 1.165) is 5.56 Å². The van der Waals surface area contributed by atoms with Gasteiger partial charge < -0.3 is 9.79 Å². The quantitative estimate of drug-likeness (QED) is 0.604. The number of hydrogen-bond donors (Lipinski definition) is 2. The van der Waals surface area contributed by atoms with Crippen LogP contribution in [0.2, 0.25) is 0 Å². The van der Waals surface area contributed by atoms with Gasteiger partial charge in [-0.05, 0) is 30.9 Å². The van der Waals surface area contributed by atoms with Crippen molar-refractivity contribution in [2.75, 3.05) is 0 Å². The van der Waals surface area contributed by atoms with E-state index in [1.165, 1.54) is 39.8 Å². The highest BCUT2D eigenvalue weighted by molar-refractivity contribution is 7.87. The second kappa shape index (κ2) is 6.42. The van der Waals surface area contributed by atoms with Crippen molar-refractivity contribution in [2.45, 2.75) is 44.9 Å². The third-order valence-electron chi connectivity index (χ3n) is 3.66. The fraction of sp³-hybridized carbons (Fsp3) is 0.571. The maximum atomic E-state index is 12.4. The summed E-state index contributed by atoms with van der Waals surface area (Å²) in [5.74, 6) is -1.40. The molecule has 0 heterocycles. The minimum Gasteiger partial charge on any atom is -0.322 e. The highest BCUT2D eigenvalue weighted by Gasteiger charge is 2.56. The summed E-state index contributed by atoms with van der Waals surface area (Å²) in [7, 11) is -9.15. The Kier molecular flexibility index (Phi) is 5.64. The molecule has 2 N–H and O–H groups in total. The van der Waals surface area contributed by atoms with Crippen LogP contribution in [0.5, 0.6) is 0 Å². The van der Waals surface area contributed by atoms with Crippen LogP contribution in [0.25, 0.3) is 0 Å². The highest BCUT2D eigenvalue weighted by Crippen LogP contribution is 2.60. The standard InChI is InChI=1S/C14H23O6PS/c1-10(2)14(11(3)4,21(15,16)17)20-22(18,19)13-8-6-12(5)7-9-13/h6-11H,1-5H3,(H2,15,16,17). The van der Waals surface area contributed by atoms with Gasteiger partial charge in [-0.2, -0.15) is 8.42 Å². The van der Waals surface area contributed by atoms with Gasteiger partial charge in [-0.15, -0.1) is 0 Å². The molecule has 0 aliphatic carbocycles. The van der Waals surface area contributed by atoms with Crippen molar-refractivity contribution >= 4 is 17.7 Å². The molecule has 0 aliphatic rings. The highest BCUT2D eigenvalue weighted by atomic mass is 32.2. The SMILES string of the molecule is Cc1ccc(S(=O)(=O)OC(C(C)C)(C(C)C)P(=O)(O)O)cc1. The van der Waals surface area contributed by atoms with Crippen LogP contribution in [0.4, 0.5) is 0 Å². The topological polar surface area (TPSA) is 101 Å². The van der Waals surface area contributed by atoms with Crippen LogP contribution in [-0.2, 0) is 18.9 Å². The fourth-order valence-corrected chi connectivity index (χ4v) is 5.84. The van der Waals surface area contributed by atoms with Gasteiger partial charge in [0.1, 0.15) is 0 Å². The third-order valence-corrected chi connectivity index (χ3v) is 7.17. The molecule has 0 fully saturated rings. The van der Waals surface area contributed by atoms with E-state index in [0.29, 0.717) is 0 Å². The number of aryl methyl sites for hydroxylation is 1. The Bertz CT molecular complexity index is 649. The first-order valence-corrected chi connectivity index (χ1v) is 9.94. The predicted molar refractivity (Wildman–Crippen MR) is 83.9 cm³/mol. The van der Waals surface area contributed by atoms with Crippen molar-refractivity contribution in [1.82, 2.24) is 0 Å². The van der Waals surface area contributed by atoms with Gasteiger partial charge in [0, 0.05) is 0 Å². The maximum Gasteiger partial charge on any atom is 0.359 e. The van der Waals surface area contributed by atoms with Gasteiger partial charge in [0.05, 0.1) is 4.90 Å². The van der Waals surface area contributed by atoms with Gasteiger partial charge in [-0.25, -0.2) is 4.18 Å². The molecule has 1 aromatic rings. The lowest BCUT2D eigenvalue weighted by molar-refractivity contribution is 0.0377. The van der Waals surface area contributed by atoms with Crippen LogP contribution < -0.4 is 0 Å². The molecule has 0 saturated carbocycles. The molecule has 126 valence electrons. The lowest BCUT2D eigenvalue weighted by atomic mass is 9.95. The van der Waals surface area contributed by atoms with Crippen LogP contribution in [0.3, 0.4) is 0 Å². The zero-order valence-electron chi connectivity index (χ0n) is 13.3. The van der Waals surface area contributed by atoms with E-state index in [1.54, 1.807) is 19.1 Å². The maximum absolute atomic E-state index is 12.4. The number of benzene rings is 1. The Hall–Kier alpha value is -0.720. The van der Waals surface area contributed by atoms with Gasteiger partial charge in [-0.1, -0.05) is 45.4 Å². The van der Waals surface area contributed by atoms with Gasteiger partial charge in [-0.3, -0.25) is 4.57 Å². The van der Waals surface area contributed by atoms with Gasteiger partial charge in [0.15, 0.2) is 5.34 Å². The summed E-state index contributed by atoms with van der Waals surface area (Å²) in [5.41, 5.74) is 0.868. The molecule has 0 radical (unpaired) electrons. The van der Waals surface area contributed by atoms with E-state index in [2.05, 4.69) is 0 Å². The van der Waals surface area contributed by atoms with Crippen molar-refractivity contribution in [3.63, 3.8) is 0 Å². The van der Waals surface area contributed by atoms with Crippen LogP contribution in [0.1, 0.15) is 33.3 Å². The molecule has 1 rings (SSSR count).